The predicted molar refractivity (Wildman–Crippen MR) is 70.2 cm³/mol. The van der Waals surface area contributed by atoms with Crippen LogP contribution >= 0.6 is 0 Å². The summed E-state index contributed by atoms with van der Waals surface area (Å²) in [5.74, 6) is 0. The molecule has 2 rings (SSSR count). The lowest BCUT2D eigenvalue weighted by Crippen LogP contribution is -2.38. The first-order valence-electron chi connectivity index (χ1n) is 6.05. The highest BCUT2D eigenvalue weighted by molar-refractivity contribution is 5.20. The Hall–Kier alpha value is -1.56. The van der Waals surface area contributed by atoms with Crippen molar-refractivity contribution in [2.45, 2.75) is 31.8 Å². The van der Waals surface area contributed by atoms with Crippen molar-refractivity contribution in [1.29, 1.82) is 0 Å². The summed E-state index contributed by atoms with van der Waals surface area (Å²) in [6.45, 7) is 7.34. The smallest absolute Gasteiger partial charge is 0.310 e. The number of hydrogen-bond acceptors (Lipinski definition) is 5. The first kappa shape index (κ1) is 13.9. The van der Waals surface area contributed by atoms with E-state index in [1.54, 1.807) is 19.9 Å². The van der Waals surface area contributed by atoms with Crippen LogP contribution in [0, 0.1) is 0 Å². The molecule has 0 N–H and O–H groups in total. The van der Waals surface area contributed by atoms with E-state index in [2.05, 4.69) is 16.8 Å². The summed E-state index contributed by atoms with van der Waals surface area (Å²) < 4.78 is 16.6. The molecule has 5 nitrogen and oxygen atoms in total. The number of rotatable bonds is 5. The maximum atomic E-state index is 5.80. The van der Waals surface area contributed by atoms with Crippen LogP contribution in [0.3, 0.4) is 0 Å². The lowest BCUT2D eigenvalue weighted by Gasteiger charge is -2.28. The summed E-state index contributed by atoms with van der Waals surface area (Å²) in [6.07, 6.45) is -0.243. The number of benzene rings is 1. The molecule has 0 amide bonds. The van der Waals surface area contributed by atoms with Crippen molar-refractivity contribution in [3.63, 3.8) is 0 Å². The largest absolute Gasteiger partial charge is 0.415 e. The summed E-state index contributed by atoms with van der Waals surface area (Å²) >= 11 is 0. The Morgan fingerprint density at radius 1 is 1.26 bits per heavy atom. The monoisotopic (exact) mass is 262 g/mol. The molecule has 19 heavy (non-hydrogen) atoms. The van der Waals surface area contributed by atoms with E-state index in [-0.39, 0.29) is 0 Å². The third-order valence-corrected chi connectivity index (χ3v) is 2.67. The van der Waals surface area contributed by atoms with E-state index in [1.807, 2.05) is 30.3 Å². The molecule has 5 heteroatoms. The molecule has 0 aliphatic carbocycles. The van der Waals surface area contributed by atoms with E-state index < -0.39 is 17.9 Å². The highest BCUT2D eigenvalue weighted by Gasteiger charge is 2.47. The Balaban J connectivity index is 2.19. The molecule has 0 saturated carbocycles. The molecule has 2 unspecified atom stereocenters. The Labute approximate surface area is 112 Å². The molecule has 1 heterocycles. The average molecular weight is 262 g/mol. The maximum absolute atomic E-state index is 5.80. The third kappa shape index (κ3) is 3.07. The Bertz CT molecular complexity index is 473. The fourth-order valence-electron chi connectivity index (χ4n) is 1.77. The van der Waals surface area contributed by atoms with Crippen LogP contribution in [0.1, 0.15) is 25.5 Å². The summed E-state index contributed by atoms with van der Waals surface area (Å²) in [5, 5.41) is 7.95. The van der Waals surface area contributed by atoms with Crippen molar-refractivity contribution >= 4 is 0 Å². The number of ether oxygens (including phenoxy) is 3. The van der Waals surface area contributed by atoms with Gasteiger partial charge >= 0.3 is 6.10 Å². The van der Waals surface area contributed by atoms with Gasteiger partial charge in [0.15, 0.2) is 5.72 Å². The number of azo groups is 1. The molecule has 102 valence electrons. The number of nitrogens with zero attached hydrogens (tertiary/aromatic N) is 2. The van der Waals surface area contributed by atoms with Crippen LogP contribution < -0.4 is 0 Å². The molecule has 2 atom stereocenters. The minimum atomic E-state index is -1.52. The second-order valence-electron chi connectivity index (χ2n) is 4.66. The molecular weight excluding hydrogens is 244 g/mol. The van der Waals surface area contributed by atoms with Gasteiger partial charge in [0.25, 0.3) is 0 Å². The van der Waals surface area contributed by atoms with Crippen LogP contribution in [0.15, 0.2) is 53.2 Å². The molecule has 0 bridgehead atoms. The van der Waals surface area contributed by atoms with Crippen LogP contribution in [0.25, 0.3) is 0 Å². The quantitative estimate of drug-likeness (QED) is 0.603. The zero-order valence-corrected chi connectivity index (χ0v) is 11.4. The molecule has 1 aromatic rings. The van der Waals surface area contributed by atoms with E-state index in [0.29, 0.717) is 0 Å². The molecule has 0 spiro atoms. The van der Waals surface area contributed by atoms with Gasteiger partial charge in [0.1, 0.15) is 6.10 Å². The Morgan fingerprint density at radius 2 is 1.95 bits per heavy atom. The normalized spacial score (nSPS) is 26.3. The van der Waals surface area contributed by atoms with Gasteiger partial charge < -0.3 is 4.74 Å². The van der Waals surface area contributed by atoms with Crippen molar-refractivity contribution in [2.75, 3.05) is 7.11 Å². The van der Waals surface area contributed by atoms with Crippen LogP contribution in [-0.2, 0) is 14.2 Å². The summed E-state index contributed by atoms with van der Waals surface area (Å²) in [4.78, 5) is 0. The van der Waals surface area contributed by atoms with Gasteiger partial charge in [-0.1, -0.05) is 41.5 Å². The molecular formula is C14H18N2O3. The molecule has 0 fully saturated rings. The lowest BCUT2D eigenvalue weighted by atomic mass is 10.1. The molecule has 1 aliphatic heterocycles. The third-order valence-electron chi connectivity index (χ3n) is 2.67. The van der Waals surface area contributed by atoms with Crippen LogP contribution in [-0.4, -0.2) is 18.9 Å². The highest BCUT2D eigenvalue weighted by Crippen LogP contribution is 2.37. The van der Waals surface area contributed by atoms with Gasteiger partial charge in [0, 0.05) is 7.11 Å². The van der Waals surface area contributed by atoms with Gasteiger partial charge in [-0.25, -0.2) is 0 Å². The zero-order valence-electron chi connectivity index (χ0n) is 11.4. The first-order valence-corrected chi connectivity index (χ1v) is 6.05. The fraction of sp³-hybridized carbons (Fsp3) is 0.429. The summed E-state index contributed by atoms with van der Waals surface area (Å²) in [5.41, 5.74) is 0.177. The second-order valence-corrected chi connectivity index (χ2v) is 4.66. The zero-order chi connectivity index (χ0) is 13.9. The second kappa shape index (κ2) is 5.21. The molecule has 1 aromatic carbocycles. The Morgan fingerprint density at radius 3 is 2.42 bits per heavy atom. The first-order chi connectivity index (χ1) is 9.00. The van der Waals surface area contributed by atoms with Crippen LogP contribution in [0.5, 0.6) is 0 Å². The van der Waals surface area contributed by atoms with Gasteiger partial charge in [0.2, 0.25) is 0 Å². The van der Waals surface area contributed by atoms with E-state index in [4.69, 9.17) is 14.2 Å². The van der Waals surface area contributed by atoms with E-state index in [0.717, 1.165) is 5.56 Å². The maximum Gasteiger partial charge on any atom is 0.415 e. The summed E-state index contributed by atoms with van der Waals surface area (Å²) in [6, 6.07) is 9.66. The fourth-order valence-corrected chi connectivity index (χ4v) is 1.77. The van der Waals surface area contributed by atoms with Gasteiger partial charge in [-0.3, -0.25) is 9.47 Å². The molecule has 0 aromatic heterocycles. The number of methoxy groups -OCH3 is 1. The van der Waals surface area contributed by atoms with Gasteiger partial charge in [0.05, 0.1) is 0 Å². The van der Waals surface area contributed by atoms with Crippen LogP contribution in [0.4, 0.5) is 0 Å². The SMILES string of the molecule is C=CC(OC1(OC)N=NC(C)(C)O1)c1ccccc1. The number of hydrogen-bond donors (Lipinski definition) is 0. The summed E-state index contributed by atoms with van der Waals surface area (Å²) in [7, 11) is 1.46. The van der Waals surface area contributed by atoms with E-state index >= 15 is 0 Å². The topological polar surface area (TPSA) is 52.4 Å². The van der Waals surface area contributed by atoms with Crippen molar-refractivity contribution in [2.24, 2.45) is 10.2 Å². The minimum Gasteiger partial charge on any atom is -0.310 e. The molecule has 0 radical (unpaired) electrons. The van der Waals surface area contributed by atoms with Gasteiger partial charge in [-0.2, -0.15) is 5.11 Å². The predicted octanol–water partition coefficient (Wildman–Crippen LogP) is 3.41. The van der Waals surface area contributed by atoms with Crippen molar-refractivity contribution in [1.82, 2.24) is 0 Å². The van der Waals surface area contributed by atoms with Crippen molar-refractivity contribution < 1.29 is 14.2 Å². The standard InChI is InChI=1S/C14H18N2O3/c1-5-12(11-9-7-6-8-10-11)18-14(17-4)16-15-13(2,3)19-14/h5-10,12H,1H2,2-4H3. The lowest BCUT2D eigenvalue weighted by molar-refractivity contribution is -0.386. The van der Waals surface area contributed by atoms with E-state index in [1.165, 1.54) is 7.11 Å². The molecule has 1 aliphatic rings. The average Bonchev–Trinajstić information content (AvgIpc) is 2.73. The van der Waals surface area contributed by atoms with Crippen molar-refractivity contribution in [3.05, 3.63) is 48.6 Å². The Kier molecular flexibility index (Phi) is 3.80. The molecule has 0 saturated heterocycles. The van der Waals surface area contributed by atoms with E-state index in [9.17, 15) is 0 Å². The minimum absolute atomic E-state index is 0.394. The van der Waals surface area contributed by atoms with Crippen LogP contribution in [0.2, 0.25) is 0 Å². The van der Waals surface area contributed by atoms with Crippen molar-refractivity contribution in [3.8, 4) is 0 Å². The van der Waals surface area contributed by atoms with Gasteiger partial charge in [-0.15, -0.1) is 6.58 Å². The highest BCUT2D eigenvalue weighted by atomic mass is 16.9. The van der Waals surface area contributed by atoms with Gasteiger partial charge in [-0.05, 0) is 19.4 Å².